The number of hydrogen-bond acceptors (Lipinski definition) is 2. The molecule has 2 rings (SSSR count). The Morgan fingerprint density at radius 3 is 3.00 bits per heavy atom. The zero-order valence-electron chi connectivity index (χ0n) is 10.7. The number of rotatable bonds is 5. The van der Waals surface area contributed by atoms with E-state index in [0.29, 0.717) is 5.92 Å². The molecule has 2 heteroatoms. The van der Waals surface area contributed by atoms with Gasteiger partial charge < -0.3 is 10.5 Å². The van der Waals surface area contributed by atoms with E-state index >= 15 is 0 Å². The van der Waals surface area contributed by atoms with Crippen molar-refractivity contribution in [1.82, 2.24) is 0 Å². The van der Waals surface area contributed by atoms with Crippen LogP contribution in [0.1, 0.15) is 38.2 Å². The van der Waals surface area contributed by atoms with E-state index in [1.807, 2.05) is 12.1 Å². The molecule has 2 unspecified atom stereocenters. The first-order valence-electron chi connectivity index (χ1n) is 6.77. The van der Waals surface area contributed by atoms with Gasteiger partial charge in [0, 0.05) is 12.0 Å². The van der Waals surface area contributed by atoms with Gasteiger partial charge in [-0.1, -0.05) is 44.4 Å². The molecule has 0 saturated heterocycles. The van der Waals surface area contributed by atoms with Crippen molar-refractivity contribution in [2.45, 2.75) is 45.1 Å². The molecule has 17 heavy (non-hydrogen) atoms. The summed E-state index contributed by atoms with van der Waals surface area (Å²) in [4.78, 5) is 0. The van der Waals surface area contributed by atoms with Crippen LogP contribution >= 0.6 is 0 Å². The van der Waals surface area contributed by atoms with Crippen molar-refractivity contribution in [3.63, 3.8) is 0 Å². The highest BCUT2D eigenvalue weighted by Crippen LogP contribution is 2.28. The minimum Gasteiger partial charge on any atom is -0.493 e. The molecule has 1 aliphatic rings. The number of fused-ring (bicyclic) bond motifs is 1. The molecule has 1 aromatic rings. The monoisotopic (exact) mass is 233 g/mol. The summed E-state index contributed by atoms with van der Waals surface area (Å²) in [5.74, 6) is 1.53. The van der Waals surface area contributed by atoms with Crippen LogP contribution in [0.15, 0.2) is 24.3 Å². The molecule has 0 spiro atoms. The molecule has 0 bridgehead atoms. The van der Waals surface area contributed by atoms with Crippen molar-refractivity contribution in [3.8, 4) is 5.75 Å². The van der Waals surface area contributed by atoms with E-state index in [9.17, 15) is 0 Å². The Bertz CT molecular complexity index is 351. The summed E-state index contributed by atoms with van der Waals surface area (Å²) in [6.45, 7) is 3.01. The Morgan fingerprint density at radius 1 is 1.35 bits per heavy atom. The van der Waals surface area contributed by atoms with E-state index in [2.05, 4.69) is 19.1 Å². The summed E-state index contributed by atoms with van der Waals surface area (Å²) in [5.41, 5.74) is 7.58. The predicted octanol–water partition coefficient (Wildman–Crippen LogP) is 3.15. The molecule has 2 atom stereocenters. The third-order valence-corrected chi connectivity index (χ3v) is 3.65. The summed E-state index contributed by atoms with van der Waals surface area (Å²) < 4.78 is 5.78. The fourth-order valence-electron chi connectivity index (χ4n) is 2.49. The van der Waals surface area contributed by atoms with Gasteiger partial charge in [-0.2, -0.15) is 0 Å². The Labute approximate surface area is 104 Å². The number of nitrogens with two attached hydrogens (primary N) is 1. The van der Waals surface area contributed by atoms with Gasteiger partial charge in [-0.25, -0.2) is 0 Å². The summed E-state index contributed by atoms with van der Waals surface area (Å²) in [6.07, 6.45) is 6.00. The molecule has 2 nitrogen and oxygen atoms in total. The number of ether oxygens (including phenoxy) is 1. The Kier molecular flexibility index (Phi) is 4.43. The molecule has 0 aliphatic carbocycles. The van der Waals surface area contributed by atoms with Gasteiger partial charge in [0.25, 0.3) is 0 Å². The second-order valence-corrected chi connectivity index (χ2v) is 5.04. The van der Waals surface area contributed by atoms with Crippen LogP contribution in [0.3, 0.4) is 0 Å². The molecule has 1 heterocycles. The lowest BCUT2D eigenvalue weighted by Gasteiger charge is -2.29. The van der Waals surface area contributed by atoms with Crippen LogP contribution in [0.4, 0.5) is 0 Å². The number of para-hydroxylation sites is 1. The predicted molar refractivity (Wildman–Crippen MR) is 71.2 cm³/mol. The Balaban J connectivity index is 1.88. The second kappa shape index (κ2) is 6.06. The molecule has 0 radical (unpaired) electrons. The van der Waals surface area contributed by atoms with Crippen LogP contribution in [0.25, 0.3) is 0 Å². The molecular weight excluding hydrogens is 210 g/mol. The van der Waals surface area contributed by atoms with Crippen LogP contribution in [-0.4, -0.2) is 12.6 Å². The normalized spacial score (nSPS) is 20.5. The average Bonchev–Trinajstić information content (AvgIpc) is 2.38. The summed E-state index contributed by atoms with van der Waals surface area (Å²) in [7, 11) is 0. The lowest BCUT2D eigenvalue weighted by Crippen LogP contribution is -2.37. The number of benzene rings is 1. The van der Waals surface area contributed by atoms with Gasteiger partial charge in [0.2, 0.25) is 0 Å². The maximum Gasteiger partial charge on any atom is 0.122 e. The standard InChI is InChI=1S/C15H23NO/c1-2-3-4-8-14(16)13-10-12-7-5-6-9-15(12)17-11-13/h5-7,9,13-14H,2-4,8,10-11,16H2,1H3. The highest BCUT2D eigenvalue weighted by atomic mass is 16.5. The van der Waals surface area contributed by atoms with Crippen LogP contribution in [0.2, 0.25) is 0 Å². The highest BCUT2D eigenvalue weighted by molar-refractivity contribution is 5.35. The van der Waals surface area contributed by atoms with Gasteiger partial charge in [0.15, 0.2) is 0 Å². The van der Waals surface area contributed by atoms with Gasteiger partial charge in [-0.15, -0.1) is 0 Å². The van der Waals surface area contributed by atoms with Crippen molar-refractivity contribution in [1.29, 1.82) is 0 Å². The quantitative estimate of drug-likeness (QED) is 0.793. The van der Waals surface area contributed by atoms with Crippen molar-refractivity contribution in [2.24, 2.45) is 11.7 Å². The molecule has 2 N–H and O–H groups in total. The molecule has 1 aliphatic heterocycles. The molecule has 0 saturated carbocycles. The van der Waals surface area contributed by atoms with E-state index in [1.54, 1.807) is 0 Å². The topological polar surface area (TPSA) is 35.2 Å². The van der Waals surface area contributed by atoms with Crippen LogP contribution in [-0.2, 0) is 6.42 Å². The maximum absolute atomic E-state index is 6.27. The summed E-state index contributed by atoms with van der Waals surface area (Å²) >= 11 is 0. The van der Waals surface area contributed by atoms with Crippen LogP contribution < -0.4 is 10.5 Å². The molecule has 0 fully saturated rings. The molecular formula is C15H23NO. The molecule has 94 valence electrons. The lowest BCUT2D eigenvalue weighted by molar-refractivity contribution is 0.194. The minimum absolute atomic E-state index is 0.287. The van der Waals surface area contributed by atoms with Crippen molar-refractivity contribution in [3.05, 3.63) is 29.8 Å². The maximum atomic E-state index is 6.27. The van der Waals surface area contributed by atoms with Crippen molar-refractivity contribution >= 4 is 0 Å². The first kappa shape index (κ1) is 12.4. The zero-order chi connectivity index (χ0) is 12.1. The van der Waals surface area contributed by atoms with Gasteiger partial charge in [0.1, 0.15) is 5.75 Å². The van der Waals surface area contributed by atoms with E-state index in [-0.39, 0.29) is 6.04 Å². The fourth-order valence-corrected chi connectivity index (χ4v) is 2.49. The molecule has 0 aromatic heterocycles. The molecule has 0 amide bonds. The third-order valence-electron chi connectivity index (χ3n) is 3.65. The average molecular weight is 233 g/mol. The van der Waals surface area contributed by atoms with E-state index in [0.717, 1.165) is 25.2 Å². The second-order valence-electron chi connectivity index (χ2n) is 5.04. The number of hydrogen-bond donors (Lipinski definition) is 1. The van der Waals surface area contributed by atoms with Crippen LogP contribution in [0, 0.1) is 5.92 Å². The third kappa shape index (κ3) is 3.22. The van der Waals surface area contributed by atoms with Crippen molar-refractivity contribution < 1.29 is 4.74 Å². The first-order valence-corrected chi connectivity index (χ1v) is 6.77. The summed E-state index contributed by atoms with van der Waals surface area (Å²) in [5, 5.41) is 0. The van der Waals surface area contributed by atoms with E-state index < -0.39 is 0 Å². The SMILES string of the molecule is CCCCCC(N)C1COc2ccccc2C1. The Morgan fingerprint density at radius 2 is 2.18 bits per heavy atom. The fraction of sp³-hybridized carbons (Fsp3) is 0.600. The van der Waals surface area contributed by atoms with Gasteiger partial charge in [-0.05, 0) is 24.5 Å². The van der Waals surface area contributed by atoms with E-state index in [1.165, 1.54) is 24.8 Å². The largest absolute Gasteiger partial charge is 0.493 e. The zero-order valence-corrected chi connectivity index (χ0v) is 10.7. The molecule has 1 aromatic carbocycles. The van der Waals surface area contributed by atoms with Gasteiger partial charge >= 0.3 is 0 Å². The first-order chi connectivity index (χ1) is 8.31. The highest BCUT2D eigenvalue weighted by Gasteiger charge is 2.24. The smallest absolute Gasteiger partial charge is 0.122 e. The lowest BCUT2D eigenvalue weighted by atomic mass is 9.88. The number of unbranched alkanes of at least 4 members (excludes halogenated alkanes) is 2. The summed E-state index contributed by atoms with van der Waals surface area (Å²) in [6, 6.07) is 8.59. The van der Waals surface area contributed by atoms with Gasteiger partial charge in [0.05, 0.1) is 6.61 Å². The minimum atomic E-state index is 0.287. The van der Waals surface area contributed by atoms with E-state index in [4.69, 9.17) is 10.5 Å². The van der Waals surface area contributed by atoms with Gasteiger partial charge in [-0.3, -0.25) is 0 Å². The Hall–Kier alpha value is -1.02. The van der Waals surface area contributed by atoms with Crippen molar-refractivity contribution in [2.75, 3.05) is 6.61 Å². The van der Waals surface area contributed by atoms with Crippen LogP contribution in [0.5, 0.6) is 5.75 Å².